The summed E-state index contributed by atoms with van der Waals surface area (Å²) < 4.78 is 5.26. The second-order valence-electron chi connectivity index (χ2n) is 4.19. The van der Waals surface area contributed by atoms with Gasteiger partial charge in [-0.1, -0.05) is 0 Å². The Kier molecular flexibility index (Phi) is 2.74. The number of rotatable bonds is 2. The van der Waals surface area contributed by atoms with Crippen LogP contribution in [0.15, 0.2) is 0 Å². The number of ether oxygens (including phenoxy) is 1. The molecule has 80 valence electrons. The molecule has 2 aliphatic heterocycles. The van der Waals surface area contributed by atoms with E-state index in [0.29, 0.717) is 13.2 Å². The van der Waals surface area contributed by atoms with Crippen LogP contribution in [0.4, 0.5) is 0 Å². The fraction of sp³-hybridized carbons (Fsp3) is 0.900. The Morgan fingerprint density at radius 2 is 2.14 bits per heavy atom. The Balaban J connectivity index is 2.12. The van der Waals surface area contributed by atoms with Crippen molar-refractivity contribution in [3.63, 3.8) is 0 Å². The highest BCUT2D eigenvalue weighted by atomic mass is 16.5. The zero-order valence-electron chi connectivity index (χ0n) is 8.29. The molecule has 0 unspecified atom stereocenters. The lowest BCUT2D eigenvalue weighted by Gasteiger charge is -2.36. The maximum absolute atomic E-state index is 11.3. The summed E-state index contributed by atoms with van der Waals surface area (Å²) in [5.74, 6) is -0.432. The number of hydrogen-bond donors (Lipinski definition) is 2. The number of carboxylic acids is 1. The lowest BCUT2D eigenvalue weighted by Crippen LogP contribution is -2.54. The standard InChI is InChI=1S/C10H17NO3/c12-9(13)10(4-1-5-11-10)8-2-6-14-7-3-8/h8,11H,1-7H2,(H,12,13)/t10-/m0/s1. The van der Waals surface area contributed by atoms with E-state index in [2.05, 4.69) is 5.32 Å². The Labute approximate surface area is 83.6 Å². The Morgan fingerprint density at radius 1 is 1.43 bits per heavy atom. The van der Waals surface area contributed by atoms with Crippen LogP contribution in [0.5, 0.6) is 0 Å². The van der Waals surface area contributed by atoms with Crippen LogP contribution >= 0.6 is 0 Å². The van der Waals surface area contributed by atoms with Gasteiger partial charge >= 0.3 is 5.97 Å². The summed E-state index contributed by atoms with van der Waals surface area (Å²) in [5, 5.41) is 12.5. The predicted molar refractivity (Wildman–Crippen MR) is 51.1 cm³/mol. The average molecular weight is 199 g/mol. The quantitative estimate of drug-likeness (QED) is 0.684. The molecule has 0 radical (unpaired) electrons. The van der Waals surface area contributed by atoms with E-state index in [-0.39, 0.29) is 5.92 Å². The second kappa shape index (κ2) is 3.87. The fourth-order valence-electron chi connectivity index (χ4n) is 2.66. The lowest BCUT2D eigenvalue weighted by atomic mass is 9.78. The van der Waals surface area contributed by atoms with Gasteiger partial charge in [0, 0.05) is 13.2 Å². The zero-order valence-corrected chi connectivity index (χ0v) is 8.29. The van der Waals surface area contributed by atoms with Crippen LogP contribution in [0.25, 0.3) is 0 Å². The highest BCUT2D eigenvalue weighted by Crippen LogP contribution is 2.34. The summed E-state index contributed by atoms with van der Waals surface area (Å²) >= 11 is 0. The molecule has 2 saturated heterocycles. The van der Waals surface area contributed by atoms with E-state index in [1.165, 1.54) is 0 Å². The summed E-state index contributed by atoms with van der Waals surface area (Å²) in [6, 6.07) is 0. The van der Waals surface area contributed by atoms with Crippen molar-refractivity contribution in [3.8, 4) is 0 Å². The van der Waals surface area contributed by atoms with Gasteiger partial charge in [0.25, 0.3) is 0 Å². The summed E-state index contributed by atoms with van der Waals surface area (Å²) in [5.41, 5.74) is -0.649. The van der Waals surface area contributed by atoms with E-state index >= 15 is 0 Å². The van der Waals surface area contributed by atoms with Crippen LogP contribution in [-0.2, 0) is 9.53 Å². The maximum atomic E-state index is 11.3. The van der Waals surface area contributed by atoms with Crippen molar-refractivity contribution in [3.05, 3.63) is 0 Å². The van der Waals surface area contributed by atoms with E-state index in [1.807, 2.05) is 0 Å². The third-order valence-electron chi connectivity index (χ3n) is 3.49. The molecule has 0 aliphatic carbocycles. The van der Waals surface area contributed by atoms with E-state index < -0.39 is 11.5 Å². The molecule has 2 rings (SSSR count). The first kappa shape index (κ1) is 9.93. The first-order chi connectivity index (χ1) is 6.76. The first-order valence-corrected chi connectivity index (χ1v) is 5.32. The van der Waals surface area contributed by atoms with Gasteiger partial charge in [0.1, 0.15) is 5.54 Å². The Hall–Kier alpha value is -0.610. The molecule has 0 spiro atoms. The molecular formula is C10H17NO3. The van der Waals surface area contributed by atoms with E-state index in [1.54, 1.807) is 0 Å². The molecule has 0 amide bonds. The topological polar surface area (TPSA) is 58.6 Å². The minimum atomic E-state index is -0.679. The van der Waals surface area contributed by atoms with Crippen LogP contribution in [0.3, 0.4) is 0 Å². The fourth-order valence-corrected chi connectivity index (χ4v) is 2.66. The number of nitrogens with one attached hydrogen (secondary N) is 1. The van der Waals surface area contributed by atoms with Crippen molar-refractivity contribution in [2.75, 3.05) is 19.8 Å². The minimum absolute atomic E-state index is 0.247. The monoisotopic (exact) mass is 199 g/mol. The van der Waals surface area contributed by atoms with Crippen molar-refractivity contribution in [1.82, 2.24) is 5.32 Å². The highest BCUT2D eigenvalue weighted by Gasteiger charge is 2.47. The molecule has 4 nitrogen and oxygen atoms in total. The molecule has 0 aromatic heterocycles. The Morgan fingerprint density at radius 3 is 2.64 bits per heavy atom. The van der Waals surface area contributed by atoms with Crippen LogP contribution in [0.1, 0.15) is 25.7 Å². The number of carboxylic acid groups (broad SMARTS) is 1. The third-order valence-corrected chi connectivity index (χ3v) is 3.49. The van der Waals surface area contributed by atoms with E-state index in [0.717, 1.165) is 32.2 Å². The van der Waals surface area contributed by atoms with Gasteiger partial charge in [0.2, 0.25) is 0 Å². The van der Waals surface area contributed by atoms with Crippen LogP contribution in [0, 0.1) is 5.92 Å². The molecule has 2 fully saturated rings. The summed E-state index contributed by atoms with van der Waals surface area (Å²) in [4.78, 5) is 11.3. The van der Waals surface area contributed by atoms with E-state index in [9.17, 15) is 9.90 Å². The molecule has 14 heavy (non-hydrogen) atoms. The minimum Gasteiger partial charge on any atom is -0.480 e. The molecule has 0 aromatic carbocycles. The Bertz CT molecular complexity index is 217. The van der Waals surface area contributed by atoms with Gasteiger partial charge in [-0.3, -0.25) is 4.79 Å². The van der Waals surface area contributed by atoms with Crippen molar-refractivity contribution >= 4 is 5.97 Å². The van der Waals surface area contributed by atoms with Crippen LogP contribution in [0.2, 0.25) is 0 Å². The second-order valence-corrected chi connectivity index (χ2v) is 4.19. The highest BCUT2D eigenvalue weighted by molar-refractivity contribution is 5.79. The molecule has 2 heterocycles. The summed E-state index contributed by atoms with van der Waals surface area (Å²) in [6.07, 6.45) is 3.50. The van der Waals surface area contributed by atoms with Gasteiger partial charge in [0.15, 0.2) is 0 Å². The average Bonchev–Trinajstić information content (AvgIpc) is 2.69. The van der Waals surface area contributed by atoms with Gasteiger partial charge in [-0.15, -0.1) is 0 Å². The van der Waals surface area contributed by atoms with Crippen LogP contribution in [-0.4, -0.2) is 36.4 Å². The molecule has 0 aromatic rings. The number of carbonyl (C=O) groups is 1. The molecule has 2 aliphatic rings. The maximum Gasteiger partial charge on any atom is 0.324 e. The predicted octanol–water partition coefficient (Wildman–Crippen LogP) is 0.620. The van der Waals surface area contributed by atoms with Crippen molar-refractivity contribution in [2.24, 2.45) is 5.92 Å². The summed E-state index contributed by atoms with van der Waals surface area (Å²) in [6.45, 7) is 2.26. The smallest absolute Gasteiger partial charge is 0.324 e. The van der Waals surface area contributed by atoms with Gasteiger partial charge in [-0.2, -0.15) is 0 Å². The third kappa shape index (κ3) is 1.53. The van der Waals surface area contributed by atoms with E-state index in [4.69, 9.17) is 4.74 Å². The van der Waals surface area contributed by atoms with Crippen LogP contribution < -0.4 is 5.32 Å². The molecule has 4 heteroatoms. The van der Waals surface area contributed by atoms with Gasteiger partial charge in [-0.25, -0.2) is 0 Å². The zero-order chi connectivity index (χ0) is 10.0. The van der Waals surface area contributed by atoms with Crippen molar-refractivity contribution < 1.29 is 14.6 Å². The molecule has 1 atom stereocenters. The van der Waals surface area contributed by atoms with Gasteiger partial charge in [-0.05, 0) is 38.1 Å². The normalized spacial score (nSPS) is 34.6. The van der Waals surface area contributed by atoms with Crippen molar-refractivity contribution in [1.29, 1.82) is 0 Å². The lowest BCUT2D eigenvalue weighted by molar-refractivity contribution is -0.148. The molecule has 0 bridgehead atoms. The molecule has 0 saturated carbocycles. The first-order valence-electron chi connectivity index (χ1n) is 5.32. The van der Waals surface area contributed by atoms with Gasteiger partial charge in [0.05, 0.1) is 0 Å². The molecular weight excluding hydrogens is 182 g/mol. The molecule has 2 N–H and O–H groups in total. The van der Waals surface area contributed by atoms with Crippen molar-refractivity contribution in [2.45, 2.75) is 31.2 Å². The largest absolute Gasteiger partial charge is 0.480 e. The summed E-state index contributed by atoms with van der Waals surface area (Å²) in [7, 11) is 0. The SMILES string of the molecule is O=C(O)[C@@]1(C2CCOCC2)CCCN1. The number of hydrogen-bond acceptors (Lipinski definition) is 3. The number of aliphatic carboxylic acids is 1. The van der Waals surface area contributed by atoms with Gasteiger partial charge < -0.3 is 15.2 Å².